The molecule has 2 unspecified atom stereocenters. The fourth-order valence-electron chi connectivity index (χ4n) is 2.67. The van der Waals surface area contributed by atoms with E-state index < -0.39 is 0 Å². The van der Waals surface area contributed by atoms with Gasteiger partial charge in [-0.05, 0) is 25.7 Å². The Balaban J connectivity index is 1.68. The lowest BCUT2D eigenvalue weighted by Crippen LogP contribution is -2.33. The molecule has 15 heavy (non-hydrogen) atoms. The maximum atomic E-state index is 5.55. The summed E-state index contributed by atoms with van der Waals surface area (Å²) in [5.74, 6) is 0.855. The van der Waals surface area contributed by atoms with E-state index in [0.717, 1.165) is 44.6 Å². The molecule has 2 aliphatic heterocycles. The maximum Gasteiger partial charge on any atom is 0.158 e. The molecular formula is C12H23NO2. The molecule has 3 nitrogen and oxygen atoms in total. The van der Waals surface area contributed by atoms with Crippen LogP contribution in [0, 0.1) is 5.92 Å². The van der Waals surface area contributed by atoms with Gasteiger partial charge in [-0.15, -0.1) is 0 Å². The van der Waals surface area contributed by atoms with Gasteiger partial charge >= 0.3 is 0 Å². The molecule has 88 valence electrons. The van der Waals surface area contributed by atoms with E-state index in [4.69, 9.17) is 9.47 Å². The Kier molecular flexibility index (Phi) is 4.00. The summed E-state index contributed by atoms with van der Waals surface area (Å²) in [5.41, 5.74) is 0. The minimum absolute atomic E-state index is 0.0573. The number of nitrogens with zero attached hydrogens (tertiary/aromatic N) is 1. The molecule has 0 aromatic carbocycles. The first-order valence-electron chi connectivity index (χ1n) is 6.23. The molecule has 3 heteroatoms. The molecule has 0 amide bonds. The molecule has 2 heterocycles. The Morgan fingerprint density at radius 1 is 1.20 bits per heavy atom. The smallest absolute Gasteiger partial charge is 0.158 e. The number of hydrogen-bond acceptors (Lipinski definition) is 3. The Morgan fingerprint density at radius 2 is 1.93 bits per heavy atom. The van der Waals surface area contributed by atoms with Crippen LogP contribution in [0.2, 0.25) is 0 Å². The average Bonchev–Trinajstić information content (AvgIpc) is 2.56. The highest BCUT2D eigenvalue weighted by Gasteiger charge is 2.26. The Labute approximate surface area is 92.7 Å². The molecule has 2 fully saturated rings. The summed E-state index contributed by atoms with van der Waals surface area (Å²) in [6.07, 6.45) is 3.47. The van der Waals surface area contributed by atoms with Crippen molar-refractivity contribution < 1.29 is 9.47 Å². The van der Waals surface area contributed by atoms with Gasteiger partial charge in [0.2, 0.25) is 0 Å². The minimum atomic E-state index is 0.0573. The molecule has 0 aliphatic carbocycles. The molecule has 0 aromatic heterocycles. The second kappa shape index (κ2) is 5.28. The summed E-state index contributed by atoms with van der Waals surface area (Å²) < 4.78 is 11.1. The minimum Gasteiger partial charge on any atom is -0.353 e. The van der Waals surface area contributed by atoms with Gasteiger partial charge in [0.15, 0.2) is 6.29 Å². The molecule has 2 rings (SSSR count). The van der Waals surface area contributed by atoms with Gasteiger partial charge in [-0.2, -0.15) is 0 Å². The van der Waals surface area contributed by atoms with Crippen molar-refractivity contribution >= 4 is 0 Å². The molecule has 2 saturated heterocycles. The third kappa shape index (κ3) is 3.16. The van der Waals surface area contributed by atoms with E-state index in [2.05, 4.69) is 18.7 Å². The molecule has 0 N–H and O–H groups in total. The largest absolute Gasteiger partial charge is 0.353 e. The molecule has 0 aromatic rings. The third-order valence-electron chi connectivity index (χ3n) is 3.46. The molecule has 0 radical (unpaired) electrons. The summed E-state index contributed by atoms with van der Waals surface area (Å²) in [6.45, 7) is 8.77. The highest BCUT2D eigenvalue weighted by atomic mass is 16.7. The van der Waals surface area contributed by atoms with E-state index in [9.17, 15) is 0 Å². The van der Waals surface area contributed by atoms with E-state index in [1.165, 1.54) is 13.0 Å². The highest BCUT2D eigenvalue weighted by molar-refractivity contribution is 4.80. The predicted molar refractivity (Wildman–Crippen MR) is 59.7 cm³/mol. The Hall–Kier alpha value is -0.120. The third-order valence-corrected chi connectivity index (χ3v) is 3.46. The Morgan fingerprint density at radius 3 is 2.53 bits per heavy atom. The molecule has 2 atom stereocenters. The topological polar surface area (TPSA) is 21.7 Å². The van der Waals surface area contributed by atoms with Gasteiger partial charge in [0, 0.05) is 25.6 Å². The fraction of sp³-hybridized carbons (Fsp3) is 1.00. The molecule has 0 bridgehead atoms. The van der Waals surface area contributed by atoms with E-state index >= 15 is 0 Å². The van der Waals surface area contributed by atoms with Crippen molar-refractivity contribution in [3.05, 3.63) is 0 Å². The van der Waals surface area contributed by atoms with Crippen LogP contribution in [0.1, 0.15) is 33.1 Å². The number of ether oxygens (including phenoxy) is 2. The van der Waals surface area contributed by atoms with Crippen LogP contribution in [0.4, 0.5) is 0 Å². The average molecular weight is 213 g/mol. The summed E-state index contributed by atoms with van der Waals surface area (Å²) in [6, 6.07) is 0.739. The van der Waals surface area contributed by atoms with E-state index in [0.29, 0.717) is 0 Å². The summed E-state index contributed by atoms with van der Waals surface area (Å²) in [7, 11) is 0. The monoisotopic (exact) mass is 213 g/mol. The van der Waals surface area contributed by atoms with Crippen molar-refractivity contribution in [3.63, 3.8) is 0 Å². The van der Waals surface area contributed by atoms with Crippen molar-refractivity contribution in [1.29, 1.82) is 0 Å². The number of likely N-dealkylation sites (tertiary alicyclic amines) is 1. The first-order valence-corrected chi connectivity index (χ1v) is 6.23. The quantitative estimate of drug-likeness (QED) is 0.714. The lowest BCUT2D eigenvalue weighted by Gasteiger charge is -2.27. The number of hydrogen-bond donors (Lipinski definition) is 0. The van der Waals surface area contributed by atoms with Gasteiger partial charge in [-0.25, -0.2) is 0 Å². The van der Waals surface area contributed by atoms with Crippen LogP contribution in [0.3, 0.4) is 0 Å². The lowest BCUT2D eigenvalue weighted by molar-refractivity contribution is -0.182. The standard InChI is InChI=1S/C12H23NO2/c1-10-8-11(2)13(9-10)5-4-12-14-6-3-7-15-12/h10-12H,3-9H2,1-2H3. The molecular weight excluding hydrogens is 190 g/mol. The summed E-state index contributed by atoms with van der Waals surface area (Å²) in [5, 5.41) is 0. The summed E-state index contributed by atoms with van der Waals surface area (Å²) in [4.78, 5) is 2.56. The van der Waals surface area contributed by atoms with E-state index in [-0.39, 0.29) is 6.29 Å². The van der Waals surface area contributed by atoms with Gasteiger partial charge in [0.05, 0.1) is 13.2 Å². The van der Waals surface area contributed by atoms with Crippen LogP contribution in [0.25, 0.3) is 0 Å². The molecule has 0 spiro atoms. The van der Waals surface area contributed by atoms with Crippen molar-refractivity contribution in [1.82, 2.24) is 4.90 Å². The van der Waals surface area contributed by atoms with E-state index in [1.807, 2.05) is 0 Å². The van der Waals surface area contributed by atoms with Gasteiger partial charge < -0.3 is 14.4 Å². The second-order valence-corrected chi connectivity index (χ2v) is 5.00. The van der Waals surface area contributed by atoms with Crippen LogP contribution >= 0.6 is 0 Å². The summed E-state index contributed by atoms with van der Waals surface area (Å²) >= 11 is 0. The van der Waals surface area contributed by atoms with Crippen molar-refractivity contribution in [2.45, 2.75) is 45.4 Å². The van der Waals surface area contributed by atoms with Crippen molar-refractivity contribution in [2.24, 2.45) is 5.92 Å². The number of rotatable bonds is 3. The van der Waals surface area contributed by atoms with Crippen molar-refractivity contribution in [2.75, 3.05) is 26.3 Å². The first kappa shape index (κ1) is 11.4. The van der Waals surface area contributed by atoms with Gasteiger partial charge in [-0.1, -0.05) is 6.92 Å². The normalized spacial score (nSPS) is 34.8. The molecule has 2 aliphatic rings. The SMILES string of the molecule is CC1CC(C)N(CCC2OCCCO2)C1. The predicted octanol–water partition coefficient (Wildman–Crippen LogP) is 1.87. The zero-order valence-electron chi connectivity index (χ0n) is 9.95. The zero-order valence-corrected chi connectivity index (χ0v) is 9.95. The lowest BCUT2D eigenvalue weighted by atomic mass is 10.1. The zero-order chi connectivity index (χ0) is 10.7. The fourth-order valence-corrected chi connectivity index (χ4v) is 2.67. The maximum absolute atomic E-state index is 5.55. The van der Waals surface area contributed by atoms with Crippen molar-refractivity contribution in [3.8, 4) is 0 Å². The van der Waals surface area contributed by atoms with Crippen LogP contribution < -0.4 is 0 Å². The van der Waals surface area contributed by atoms with Crippen LogP contribution in [0.15, 0.2) is 0 Å². The van der Waals surface area contributed by atoms with Gasteiger partial charge in [0.25, 0.3) is 0 Å². The van der Waals surface area contributed by atoms with Crippen LogP contribution in [0.5, 0.6) is 0 Å². The Bertz CT molecular complexity index is 192. The van der Waals surface area contributed by atoms with Gasteiger partial charge in [0.1, 0.15) is 0 Å². The molecule has 0 saturated carbocycles. The van der Waals surface area contributed by atoms with Crippen LogP contribution in [-0.2, 0) is 9.47 Å². The van der Waals surface area contributed by atoms with E-state index in [1.54, 1.807) is 0 Å². The second-order valence-electron chi connectivity index (χ2n) is 5.00. The first-order chi connectivity index (χ1) is 7.25. The van der Waals surface area contributed by atoms with Crippen LogP contribution in [-0.4, -0.2) is 43.5 Å². The van der Waals surface area contributed by atoms with Gasteiger partial charge in [-0.3, -0.25) is 0 Å². The highest BCUT2D eigenvalue weighted by Crippen LogP contribution is 2.23.